The molecule has 1 fully saturated rings. The molecule has 25 heavy (non-hydrogen) atoms. The van der Waals surface area contributed by atoms with Gasteiger partial charge in [-0.25, -0.2) is 0 Å². The normalized spacial score (nSPS) is 18.2. The summed E-state index contributed by atoms with van der Waals surface area (Å²) >= 11 is 7.62. The van der Waals surface area contributed by atoms with Crippen molar-refractivity contribution >= 4 is 47.6 Å². The number of amides is 2. The third-order valence-electron chi connectivity index (χ3n) is 4.04. The lowest BCUT2D eigenvalue weighted by molar-refractivity contribution is -0.135. The van der Waals surface area contributed by atoms with Crippen molar-refractivity contribution in [3.63, 3.8) is 0 Å². The van der Waals surface area contributed by atoms with E-state index in [4.69, 9.17) is 17.3 Å². The molecule has 2 rings (SSSR count). The van der Waals surface area contributed by atoms with Crippen LogP contribution in [-0.4, -0.2) is 48.1 Å². The number of hydrogen-bond donors (Lipinski definition) is 2. The van der Waals surface area contributed by atoms with Crippen molar-refractivity contribution in [3.8, 4) is 0 Å². The predicted molar refractivity (Wildman–Crippen MR) is 105 cm³/mol. The monoisotopic (exact) mass is 405 g/mol. The topological polar surface area (TPSA) is 75.4 Å². The second-order valence-electron chi connectivity index (χ2n) is 5.89. The Morgan fingerprint density at radius 2 is 2.16 bits per heavy atom. The zero-order valence-electron chi connectivity index (χ0n) is 14.2. The van der Waals surface area contributed by atoms with Gasteiger partial charge in [-0.3, -0.25) is 9.59 Å². The highest BCUT2D eigenvalue weighted by Crippen LogP contribution is 2.31. The smallest absolute Gasteiger partial charge is 0.235 e. The van der Waals surface area contributed by atoms with Gasteiger partial charge in [0.15, 0.2) is 0 Å². The minimum absolute atomic E-state index is 0. The molecule has 1 aliphatic heterocycles. The molecule has 2 unspecified atom stereocenters. The zero-order chi connectivity index (χ0) is 17.5. The van der Waals surface area contributed by atoms with Crippen LogP contribution in [0.15, 0.2) is 29.2 Å². The highest BCUT2D eigenvalue weighted by molar-refractivity contribution is 8.00. The van der Waals surface area contributed by atoms with Gasteiger partial charge in [-0.05, 0) is 31.9 Å². The number of nitrogens with one attached hydrogen (secondary N) is 1. The number of piperidine rings is 1. The van der Waals surface area contributed by atoms with Gasteiger partial charge in [0, 0.05) is 31.1 Å². The van der Waals surface area contributed by atoms with E-state index in [2.05, 4.69) is 5.32 Å². The molecule has 1 aliphatic rings. The Labute approximate surface area is 164 Å². The minimum atomic E-state index is -0.240. The van der Waals surface area contributed by atoms with Crippen LogP contribution in [0, 0.1) is 5.92 Å². The van der Waals surface area contributed by atoms with E-state index in [1.165, 1.54) is 11.8 Å². The molecule has 1 saturated heterocycles. The molecule has 1 aromatic rings. The van der Waals surface area contributed by atoms with Crippen LogP contribution >= 0.6 is 35.8 Å². The number of carbonyl (C=O) groups is 2. The van der Waals surface area contributed by atoms with Crippen LogP contribution in [0.1, 0.15) is 19.8 Å². The first-order chi connectivity index (χ1) is 11.5. The highest BCUT2D eigenvalue weighted by atomic mass is 35.5. The van der Waals surface area contributed by atoms with Crippen molar-refractivity contribution in [3.05, 3.63) is 29.3 Å². The number of nitrogens with zero attached hydrogens (tertiary/aromatic N) is 1. The third-order valence-corrected chi connectivity index (χ3v) is 5.64. The van der Waals surface area contributed by atoms with E-state index in [0.29, 0.717) is 31.2 Å². The van der Waals surface area contributed by atoms with E-state index in [1.54, 1.807) is 4.90 Å². The Bertz CT molecular complexity index is 589. The maximum absolute atomic E-state index is 12.7. The summed E-state index contributed by atoms with van der Waals surface area (Å²) in [6.45, 7) is 3.96. The van der Waals surface area contributed by atoms with Gasteiger partial charge in [0.1, 0.15) is 0 Å². The summed E-state index contributed by atoms with van der Waals surface area (Å²) in [4.78, 5) is 27.5. The first-order valence-corrected chi connectivity index (χ1v) is 9.46. The van der Waals surface area contributed by atoms with E-state index in [-0.39, 0.29) is 35.4 Å². The lowest BCUT2D eigenvalue weighted by Gasteiger charge is -2.33. The van der Waals surface area contributed by atoms with Gasteiger partial charge in [0.25, 0.3) is 0 Å². The average Bonchev–Trinajstić information content (AvgIpc) is 2.61. The average molecular weight is 406 g/mol. The van der Waals surface area contributed by atoms with E-state index in [1.807, 2.05) is 31.2 Å². The molecule has 0 aliphatic carbocycles. The molecule has 1 heterocycles. The summed E-state index contributed by atoms with van der Waals surface area (Å²) in [5.41, 5.74) is 5.41. The van der Waals surface area contributed by atoms with Crippen molar-refractivity contribution in [2.75, 3.05) is 26.2 Å². The van der Waals surface area contributed by atoms with Crippen LogP contribution in [0.3, 0.4) is 0 Å². The van der Waals surface area contributed by atoms with Gasteiger partial charge >= 0.3 is 0 Å². The molecule has 1 aromatic carbocycles. The fourth-order valence-corrected chi connectivity index (χ4v) is 4.01. The molecule has 0 radical (unpaired) electrons. The molecular formula is C17H25Cl2N3O2S. The van der Waals surface area contributed by atoms with Crippen LogP contribution in [-0.2, 0) is 9.59 Å². The zero-order valence-corrected chi connectivity index (χ0v) is 16.6. The predicted octanol–water partition coefficient (Wildman–Crippen LogP) is 2.56. The van der Waals surface area contributed by atoms with Crippen molar-refractivity contribution in [2.24, 2.45) is 11.7 Å². The Balaban J connectivity index is 0.00000312. The number of thioether (sulfide) groups is 1. The fraction of sp³-hybridized carbons (Fsp3) is 0.529. The Kier molecular flexibility index (Phi) is 9.64. The molecule has 140 valence electrons. The van der Waals surface area contributed by atoms with Gasteiger partial charge in [-0.1, -0.05) is 23.7 Å². The van der Waals surface area contributed by atoms with E-state index < -0.39 is 0 Å². The molecule has 5 nitrogen and oxygen atoms in total. The molecule has 0 spiro atoms. The molecular weight excluding hydrogens is 381 g/mol. The molecule has 8 heteroatoms. The van der Waals surface area contributed by atoms with E-state index in [0.717, 1.165) is 17.7 Å². The quantitative estimate of drug-likeness (QED) is 0.712. The highest BCUT2D eigenvalue weighted by Gasteiger charge is 2.30. The summed E-state index contributed by atoms with van der Waals surface area (Å²) in [5.74, 6) is -0.104. The van der Waals surface area contributed by atoms with Gasteiger partial charge < -0.3 is 16.0 Å². The van der Waals surface area contributed by atoms with Crippen LogP contribution in [0.5, 0.6) is 0 Å². The minimum Gasteiger partial charge on any atom is -0.355 e. The second kappa shape index (κ2) is 10.9. The standard InChI is InChI=1S/C17H24ClN3O2S.ClH/c1-12(24-15-7-3-2-6-14(15)18)17(23)21-10-4-5-13(11-21)16(22)20-9-8-19;/h2-3,6-7,12-13H,4-5,8-11,19H2,1H3,(H,20,22);1H. The summed E-state index contributed by atoms with van der Waals surface area (Å²) in [6.07, 6.45) is 1.65. The van der Waals surface area contributed by atoms with Crippen molar-refractivity contribution in [1.82, 2.24) is 10.2 Å². The lowest BCUT2D eigenvalue weighted by atomic mass is 9.97. The van der Waals surface area contributed by atoms with Crippen molar-refractivity contribution < 1.29 is 9.59 Å². The first kappa shape index (κ1) is 22.1. The molecule has 0 saturated carbocycles. The lowest BCUT2D eigenvalue weighted by Crippen LogP contribution is -2.48. The van der Waals surface area contributed by atoms with Gasteiger partial charge in [0.05, 0.1) is 16.2 Å². The Morgan fingerprint density at radius 3 is 2.84 bits per heavy atom. The molecule has 0 aromatic heterocycles. The van der Waals surface area contributed by atoms with Crippen molar-refractivity contribution in [2.45, 2.75) is 29.9 Å². The summed E-state index contributed by atoms with van der Waals surface area (Å²) in [5, 5.41) is 3.23. The molecule has 3 N–H and O–H groups in total. The van der Waals surface area contributed by atoms with Crippen molar-refractivity contribution in [1.29, 1.82) is 0 Å². The number of likely N-dealkylation sites (tertiary alicyclic amines) is 1. The first-order valence-electron chi connectivity index (χ1n) is 8.20. The number of halogens is 2. The second-order valence-corrected chi connectivity index (χ2v) is 7.68. The maximum atomic E-state index is 12.7. The number of nitrogens with two attached hydrogens (primary N) is 1. The van der Waals surface area contributed by atoms with Gasteiger partial charge in [-0.15, -0.1) is 24.2 Å². The molecule has 2 atom stereocenters. The number of hydrogen-bond acceptors (Lipinski definition) is 4. The number of carbonyl (C=O) groups excluding carboxylic acids is 2. The largest absolute Gasteiger partial charge is 0.355 e. The van der Waals surface area contributed by atoms with Crippen LogP contribution < -0.4 is 11.1 Å². The number of benzene rings is 1. The van der Waals surface area contributed by atoms with Crippen LogP contribution in [0.4, 0.5) is 0 Å². The summed E-state index contributed by atoms with van der Waals surface area (Å²) < 4.78 is 0. The summed E-state index contributed by atoms with van der Waals surface area (Å²) in [6, 6.07) is 7.51. The van der Waals surface area contributed by atoms with Crippen LogP contribution in [0.2, 0.25) is 5.02 Å². The molecule has 0 bridgehead atoms. The van der Waals surface area contributed by atoms with E-state index in [9.17, 15) is 9.59 Å². The number of rotatable bonds is 6. The SMILES string of the molecule is CC(Sc1ccccc1Cl)C(=O)N1CCCC(C(=O)NCCN)C1.Cl. The van der Waals surface area contributed by atoms with Crippen LogP contribution in [0.25, 0.3) is 0 Å². The van der Waals surface area contributed by atoms with Gasteiger partial charge in [0.2, 0.25) is 11.8 Å². The maximum Gasteiger partial charge on any atom is 0.235 e. The Hall–Kier alpha value is -0.950. The van der Waals surface area contributed by atoms with Gasteiger partial charge in [-0.2, -0.15) is 0 Å². The third kappa shape index (κ3) is 6.37. The summed E-state index contributed by atoms with van der Waals surface area (Å²) in [7, 11) is 0. The Morgan fingerprint density at radius 1 is 1.44 bits per heavy atom. The molecule has 2 amide bonds. The fourth-order valence-electron chi connectivity index (χ4n) is 2.77. The van der Waals surface area contributed by atoms with E-state index >= 15 is 0 Å².